The van der Waals surface area contributed by atoms with E-state index in [1.807, 2.05) is 0 Å². The van der Waals surface area contributed by atoms with Crippen LogP contribution in [-0.4, -0.2) is 52.2 Å². The van der Waals surface area contributed by atoms with Crippen molar-refractivity contribution < 1.29 is 14.2 Å². The number of methoxy groups -OCH3 is 1. The molecule has 0 radical (unpaired) electrons. The summed E-state index contributed by atoms with van der Waals surface area (Å²) in [5.74, 6) is 0. The van der Waals surface area contributed by atoms with E-state index in [4.69, 9.17) is 14.2 Å². The molecule has 0 aliphatic carbocycles. The van der Waals surface area contributed by atoms with Gasteiger partial charge in [-0.05, 0) is 39.7 Å². The first-order valence-electron chi connectivity index (χ1n) is 7.12. The van der Waals surface area contributed by atoms with E-state index in [-0.39, 0.29) is 6.10 Å². The minimum atomic E-state index is 0.284. The molecule has 0 amide bonds. The standard InChI is InChI=1S/C14H31NO3/c1-5-7-15-13(2)12-14(3)18-11-10-17-9-6-8-16-4/h13-15H,5-12H2,1-4H3. The van der Waals surface area contributed by atoms with Crippen molar-refractivity contribution in [2.45, 2.75) is 52.2 Å². The zero-order chi connectivity index (χ0) is 13.6. The van der Waals surface area contributed by atoms with E-state index >= 15 is 0 Å². The highest BCUT2D eigenvalue weighted by atomic mass is 16.5. The van der Waals surface area contributed by atoms with E-state index in [0.29, 0.717) is 19.3 Å². The number of nitrogens with one attached hydrogen (secondary N) is 1. The van der Waals surface area contributed by atoms with E-state index in [0.717, 1.165) is 32.6 Å². The molecule has 18 heavy (non-hydrogen) atoms. The summed E-state index contributed by atoms with van der Waals surface area (Å²) in [6.45, 7) is 10.4. The van der Waals surface area contributed by atoms with Gasteiger partial charge in [0.05, 0.1) is 19.3 Å². The molecule has 0 saturated heterocycles. The topological polar surface area (TPSA) is 39.7 Å². The van der Waals surface area contributed by atoms with Gasteiger partial charge in [-0.15, -0.1) is 0 Å². The van der Waals surface area contributed by atoms with Gasteiger partial charge in [0.15, 0.2) is 0 Å². The van der Waals surface area contributed by atoms with Crippen molar-refractivity contribution in [1.82, 2.24) is 5.32 Å². The van der Waals surface area contributed by atoms with Crippen LogP contribution in [0.4, 0.5) is 0 Å². The highest BCUT2D eigenvalue weighted by Crippen LogP contribution is 2.02. The SMILES string of the molecule is CCCNC(C)CC(C)OCCOCCCOC. The molecule has 0 aliphatic rings. The van der Waals surface area contributed by atoms with Gasteiger partial charge in [-0.3, -0.25) is 0 Å². The third kappa shape index (κ3) is 12.3. The van der Waals surface area contributed by atoms with Gasteiger partial charge in [-0.2, -0.15) is 0 Å². The Hall–Kier alpha value is -0.160. The van der Waals surface area contributed by atoms with Crippen LogP contribution in [-0.2, 0) is 14.2 Å². The molecular weight excluding hydrogens is 230 g/mol. The van der Waals surface area contributed by atoms with Gasteiger partial charge in [0.2, 0.25) is 0 Å². The Kier molecular flexibility index (Phi) is 13.2. The molecule has 0 aromatic rings. The summed E-state index contributed by atoms with van der Waals surface area (Å²) in [6.07, 6.45) is 3.45. The summed E-state index contributed by atoms with van der Waals surface area (Å²) in [7, 11) is 1.71. The van der Waals surface area contributed by atoms with E-state index in [1.54, 1.807) is 7.11 Å². The van der Waals surface area contributed by atoms with Gasteiger partial charge in [0.25, 0.3) is 0 Å². The maximum Gasteiger partial charge on any atom is 0.0704 e. The maximum absolute atomic E-state index is 5.70. The summed E-state index contributed by atoms with van der Waals surface area (Å²) < 4.78 is 16.1. The van der Waals surface area contributed by atoms with Crippen LogP contribution >= 0.6 is 0 Å². The van der Waals surface area contributed by atoms with Crippen LogP contribution in [0, 0.1) is 0 Å². The average molecular weight is 261 g/mol. The molecule has 0 saturated carbocycles. The first kappa shape index (κ1) is 17.8. The van der Waals surface area contributed by atoms with Crippen molar-refractivity contribution in [2.24, 2.45) is 0 Å². The molecule has 0 bridgehead atoms. The lowest BCUT2D eigenvalue weighted by atomic mass is 10.1. The first-order valence-corrected chi connectivity index (χ1v) is 7.12. The third-order valence-electron chi connectivity index (χ3n) is 2.70. The second-order valence-corrected chi connectivity index (χ2v) is 4.73. The number of hydrogen-bond acceptors (Lipinski definition) is 4. The molecular formula is C14H31NO3. The van der Waals surface area contributed by atoms with Crippen LogP contribution in [0.25, 0.3) is 0 Å². The predicted octanol–water partition coefficient (Wildman–Crippen LogP) is 2.22. The Morgan fingerprint density at radius 2 is 1.83 bits per heavy atom. The lowest BCUT2D eigenvalue weighted by Gasteiger charge is -2.19. The smallest absolute Gasteiger partial charge is 0.0704 e. The summed E-state index contributed by atoms with van der Waals surface area (Å²) in [5, 5.41) is 3.46. The van der Waals surface area contributed by atoms with E-state index in [9.17, 15) is 0 Å². The van der Waals surface area contributed by atoms with Crippen molar-refractivity contribution >= 4 is 0 Å². The first-order chi connectivity index (χ1) is 8.70. The lowest BCUT2D eigenvalue weighted by Crippen LogP contribution is -2.31. The largest absolute Gasteiger partial charge is 0.385 e. The summed E-state index contributed by atoms with van der Waals surface area (Å²) in [4.78, 5) is 0. The molecule has 0 aliphatic heterocycles. The number of rotatable bonds is 13. The van der Waals surface area contributed by atoms with Crippen molar-refractivity contribution in [3.05, 3.63) is 0 Å². The van der Waals surface area contributed by atoms with Crippen molar-refractivity contribution in [3.63, 3.8) is 0 Å². The highest BCUT2D eigenvalue weighted by molar-refractivity contribution is 4.64. The van der Waals surface area contributed by atoms with Gasteiger partial charge in [-0.1, -0.05) is 6.92 Å². The molecule has 2 unspecified atom stereocenters. The summed E-state index contributed by atoms with van der Waals surface area (Å²) in [6, 6.07) is 0.516. The Morgan fingerprint density at radius 1 is 1.06 bits per heavy atom. The van der Waals surface area contributed by atoms with Crippen molar-refractivity contribution in [1.29, 1.82) is 0 Å². The van der Waals surface area contributed by atoms with E-state index in [1.165, 1.54) is 6.42 Å². The van der Waals surface area contributed by atoms with Crippen LogP contribution in [0.3, 0.4) is 0 Å². The molecule has 0 rings (SSSR count). The summed E-state index contributed by atoms with van der Waals surface area (Å²) >= 11 is 0. The maximum atomic E-state index is 5.70. The molecule has 110 valence electrons. The van der Waals surface area contributed by atoms with Gasteiger partial charge in [0, 0.05) is 26.4 Å². The second-order valence-electron chi connectivity index (χ2n) is 4.73. The molecule has 1 N–H and O–H groups in total. The van der Waals surface area contributed by atoms with Crippen LogP contribution in [0.5, 0.6) is 0 Å². The minimum absolute atomic E-state index is 0.284. The van der Waals surface area contributed by atoms with Crippen molar-refractivity contribution in [3.8, 4) is 0 Å². The molecule has 2 atom stereocenters. The van der Waals surface area contributed by atoms with Crippen molar-refractivity contribution in [2.75, 3.05) is 40.1 Å². The Balaban J connectivity index is 3.28. The Morgan fingerprint density at radius 3 is 2.50 bits per heavy atom. The zero-order valence-corrected chi connectivity index (χ0v) is 12.5. The lowest BCUT2D eigenvalue weighted by molar-refractivity contribution is 0.00268. The normalized spacial score (nSPS) is 14.7. The van der Waals surface area contributed by atoms with Gasteiger partial charge < -0.3 is 19.5 Å². The van der Waals surface area contributed by atoms with Crippen LogP contribution in [0.1, 0.15) is 40.0 Å². The monoisotopic (exact) mass is 261 g/mol. The zero-order valence-electron chi connectivity index (χ0n) is 12.5. The molecule has 0 aromatic heterocycles. The second kappa shape index (κ2) is 13.3. The number of ether oxygens (including phenoxy) is 3. The predicted molar refractivity (Wildman–Crippen MR) is 75.1 cm³/mol. The molecule has 0 spiro atoms. The Labute approximate surface area is 112 Å². The van der Waals surface area contributed by atoms with Gasteiger partial charge in [-0.25, -0.2) is 0 Å². The van der Waals surface area contributed by atoms with Crippen LogP contribution in [0.2, 0.25) is 0 Å². The quantitative estimate of drug-likeness (QED) is 0.516. The number of hydrogen-bond donors (Lipinski definition) is 1. The molecule has 0 fully saturated rings. The fourth-order valence-corrected chi connectivity index (χ4v) is 1.76. The fourth-order valence-electron chi connectivity index (χ4n) is 1.76. The average Bonchev–Trinajstić information content (AvgIpc) is 2.35. The fraction of sp³-hybridized carbons (Fsp3) is 1.00. The highest BCUT2D eigenvalue weighted by Gasteiger charge is 2.07. The van der Waals surface area contributed by atoms with Gasteiger partial charge >= 0.3 is 0 Å². The van der Waals surface area contributed by atoms with Gasteiger partial charge in [0.1, 0.15) is 0 Å². The minimum Gasteiger partial charge on any atom is -0.385 e. The third-order valence-corrected chi connectivity index (χ3v) is 2.70. The molecule has 4 nitrogen and oxygen atoms in total. The van der Waals surface area contributed by atoms with E-state index < -0.39 is 0 Å². The van der Waals surface area contributed by atoms with E-state index in [2.05, 4.69) is 26.1 Å². The van der Waals surface area contributed by atoms with Crippen LogP contribution < -0.4 is 5.32 Å². The molecule has 4 heteroatoms. The van der Waals surface area contributed by atoms with Crippen LogP contribution in [0.15, 0.2) is 0 Å². The molecule has 0 heterocycles. The Bertz CT molecular complexity index is 167. The summed E-state index contributed by atoms with van der Waals surface area (Å²) in [5.41, 5.74) is 0. The molecule has 0 aromatic carbocycles.